The van der Waals surface area contributed by atoms with Gasteiger partial charge < -0.3 is 5.73 Å². The van der Waals surface area contributed by atoms with Crippen LogP contribution < -0.4 is 10.5 Å². The van der Waals surface area contributed by atoms with Crippen molar-refractivity contribution >= 4 is 27.2 Å². The maximum Gasteiger partial charge on any atom is 0.243 e. The van der Waals surface area contributed by atoms with E-state index < -0.39 is 32.6 Å². The molecule has 4 nitrogen and oxygen atoms in total. The van der Waals surface area contributed by atoms with Crippen molar-refractivity contribution in [1.82, 2.24) is 4.72 Å². The number of benzene rings is 1. The summed E-state index contributed by atoms with van der Waals surface area (Å²) in [6.07, 6.45) is 0.150. The molecule has 0 saturated carbocycles. The number of hydrogen-bond donors (Lipinski definition) is 2. The molecule has 1 aromatic rings. The fourth-order valence-electron chi connectivity index (χ4n) is 1.36. The second-order valence-electron chi connectivity index (χ2n) is 3.77. The summed E-state index contributed by atoms with van der Waals surface area (Å²) in [5.74, 6) is -1.99. The third kappa shape index (κ3) is 3.97. The summed E-state index contributed by atoms with van der Waals surface area (Å²) < 4.78 is 51.8. The van der Waals surface area contributed by atoms with Gasteiger partial charge in [-0.05, 0) is 19.1 Å². The second-order valence-corrected chi connectivity index (χ2v) is 5.97. The van der Waals surface area contributed by atoms with E-state index in [4.69, 9.17) is 5.73 Å². The Balaban J connectivity index is 2.96. The van der Waals surface area contributed by atoms with Crippen LogP contribution in [0.5, 0.6) is 0 Å². The topological polar surface area (TPSA) is 72.2 Å². The van der Waals surface area contributed by atoms with Crippen LogP contribution in [0.3, 0.4) is 0 Å². The number of hydrogen-bond acceptors (Lipinski definition) is 3. The van der Waals surface area contributed by atoms with E-state index in [0.717, 1.165) is 12.1 Å². The van der Waals surface area contributed by atoms with Crippen molar-refractivity contribution in [3.63, 3.8) is 0 Å². The first-order chi connectivity index (χ1) is 8.22. The highest BCUT2D eigenvalue weighted by Crippen LogP contribution is 2.15. The lowest BCUT2D eigenvalue weighted by molar-refractivity contribution is 0.536. The van der Waals surface area contributed by atoms with Crippen molar-refractivity contribution in [2.24, 2.45) is 5.73 Å². The fraction of sp³-hybridized carbons (Fsp3) is 0.300. The lowest BCUT2D eigenvalue weighted by atomic mass is 10.3. The molecule has 100 valence electrons. The lowest BCUT2D eigenvalue weighted by Crippen LogP contribution is -2.35. The highest BCUT2D eigenvalue weighted by Gasteiger charge is 2.21. The minimum atomic E-state index is -4.06. The molecule has 0 aliphatic rings. The minimum absolute atomic E-state index is 0.143. The molecule has 0 radical (unpaired) electrons. The molecule has 0 heterocycles. The van der Waals surface area contributed by atoms with E-state index in [1.54, 1.807) is 0 Å². The summed E-state index contributed by atoms with van der Waals surface area (Å²) in [6.45, 7) is 1.54. The van der Waals surface area contributed by atoms with Crippen LogP contribution in [0.25, 0.3) is 0 Å². The normalized spacial score (nSPS) is 13.3. The lowest BCUT2D eigenvalue weighted by Gasteiger charge is -2.13. The summed E-state index contributed by atoms with van der Waals surface area (Å²) in [4.78, 5) is -0.469. The Morgan fingerprint density at radius 1 is 1.50 bits per heavy atom. The molecule has 8 heteroatoms. The molecule has 0 bridgehead atoms. The predicted octanol–water partition coefficient (Wildman–Crippen LogP) is 1.31. The molecule has 0 fully saturated rings. The van der Waals surface area contributed by atoms with Gasteiger partial charge in [0.25, 0.3) is 0 Å². The predicted molar refractivity (Wildman–Crippen MR) is 67.5 cm³/mol. The molecular formula is C10H12F2N2O2S2. The molecule has 1 aromatic carbocycles. The Kier molecular flexibility index (Phi) is 4.71. The summed E-state index contributed by atoms with van der Waals surface area (Å²) in [5, 5.41) is 0. The minimum Gasteiger partial charge on any atom is -0.393 e. The van der Waals surface area contributed by atoms with E-state index in [0.29, 0.717) is 6.07 Å². The molecule has 1 atom stereocenters. The van der Waals surface area contributed by atoms with Crippen LogP contribution in [0.1, 0.15) is 13.3 Å². The van der Waals surface area contributed by atoms with Crippen LogP contribution in [0.2, 0.25) is 0 Å². The largest absolute Gasteiger partial charge is 0.393 e. The number of halogens is 2. The van der Waals surface area contributed by atoms with Gasteiger partial charge in [0.15, 0.2) is 0 Å². The first kappa shape index (κ1) is 14.9. The molecule has 0 saturated heterocycles. The molecule has 18 heavy (non-hydrogen) atoms. The quantitative estimate of drug-likeness (QED) is 0.803. The molecule has 0 spiro atoms. The van der Waals surface area contributed by atoms with Gasteiger partial charge in [0.2, 0.25) is 10.0 Å². The molecule has 1 rings (SSSR count). The van der Waals surface area contributed by atoms with Crippen molar-refractivity contribution in [1.29, 1.82) is 0 Å². The Hall–Kier alpha value is -1.12. The maximum atomic E-state index is 13.3. The van der Waals surface area contributed by atoms with Crippen molar-refractivity contribution in [2.45, 2.75) is 24.3 Å². The van der Waals surface area contributed by atoms with Gasteiger partial charge in [-0.15, -0.1) is 0 Å². The zero-order valence-corrected chi connectivity index (χ0v) is 11.1. The van der Waals surface area contributed by atoms with Gasteiger partial charge in [-0.3, -0.25) is 0 Å². The highest BCUT2D eigenvalue weighted by molar-refractivity contribution is 7.89. The van der Waals surface area contributed by atoms with Gasteiger partial charge in [-0.25, -0.2) is 21.9 Å². The average molecular weight is 294 g/mol. The molecule has 0 aliphatic carbocycles. The number of rotatable bonds is 5. The van der Waals surface area contributed by atoms with Crippen LogP contribution in [-0.4, -0.2) is 19.4 Å². The van der Waals surface area contributed by atoms with Crippen LogP contribution in [0, 0.1) is 11.6 Å². The Morgan fingerprint density at radius 3 is 2.61 bits per heavy atom. The number of nitrogens with one attached hydrogen (secondary N) is 1. The molecule has 0 aliphatic heterocycles. The van der Waals surface area contributed by atoms with Crippen molar-refractivity contribution in [3.05, 3.63) is 29.8 Å². The Morgan fingerprint density at radius 2 is 2.11 bits per heavy atom. The average Bonchev–Trinajstić information content (AvgIpc) is 2.13. The van der Waals surface area contributed by atoms with Gasteiger partial charge in [0.05, 0.1) is 4.99 Å². The Bertz CT molecular complexity index is 561. The van der Waals surface area contributed by atoms with Crippen LogP contribution in [0.4, 0.5) is 8.78 Å². The monoisotopic (exact) mass is 294 g/mol. The van der Waals surface area contributed by atoms with Gasteiger partial charge in [0.1, 0.15) is 16.5 Å². The number of nitrogens with two attached hydrogens (primary N) is 1. The van der Waals surface area contributed by atoms with Crippen molar-refractivity contribution in [3.8, 4) is 0 Å². The number of sulfonamides is 1. The summed E-state index contributed by atoms with van der Waals surface area (Å²) >= 11 is 4.64. The second kappa shape index (κ2) is 5.68. The standard InChI is InChI=1S/C10H12F2N2O2S2/c1-6(4-10(13)17)14-18(15,16)9-3-2-7(11)5-8(9)12/h2-3,5-6,14H,4H2,1H3,(H2,13,17). The van der Waals surface area contributed by atoms with Crippen molar-refractivity contribution < 1.29 is 17.2 Å². The van der Waals surface area contributed by atoms with Gasteiger partial charge in [0, 0.05) is 18.5 Å². The van der Waals surface area contributed by atoms with Crippen LogP contribution >= 0.6 is 12.2 Å². The zero-order valence-electron chi connectivity index (χ0n) is 9.48. The molecule has 0 aromatic heterocycles. The van der Waals surface area contributed by atoms with E-state index in [1.165, 1.54) is 6.92 Å². The third-order valence-electron chi connectivity index (χ3n) is 2.05. The van der Waals surface area contributed by atoms with E-state index in [2.05, 4.69) is 16.9 Å². The van der Waals surface area contributed by atoms with E-state index in [9.17, 15) is 17.2 Å². The maximum absolute atomic E-state index is 13.3. The zero-order chi connectivity index (χ0) is 13.9. The molecule has 0 amide bonds. The van der Waals surface area contributed by atoms with Crippen molar-refractivity contribution in [2.75, 3.05) is 0 Å². The van der Waals surface area contributed by atoms with E-state index in [1.807, 2.05) is 0 Å². The highest BCUT2D eigenvalue weighted by atomic mass is 32.2. The summed E-state index contributed by atoms with van der Waals surface area (Å²) in [5.41, 5.74) is 5.27. The first-order valence-electron chi connectivity index (χ1n) is 4.98. The smallest absolute Gasteiger partial charge is 0.243 e. The van der Waals surface area contributed by atoms with Crippen LogP contribution in [-0.2, 0) is 10.0 Å². The Labute approximate surface area is 109 Å². The molecule has 3 N–H and O–H groups in total. The number of thiocarbonyl (C=S) groups is 1. The molecule has 1 unspecified atom stereocenters. The first-order valence-corrected chi connectivity index (χ1v) is 6.87. The third-order valence-corrected chi connectivity index (χ3v) is 3.84. The summed E-state index contributed by atoms with van der Waals surface area (Å²) in [7, 11) is -4.06. The summed E-state index contributed by atoms with van der Waals surface area (Å²) in [6, 6.07) is 1.67. The van der Waals surface area contributed by atoms with E-state index in [-0.39, 0.29) is 11.4 Å². The van der Waals surface area contributed by atoms with Gasteiger partial charge in [-0.1, -0.05) is 12.2 Å². The molecular weight excluding hydrogens is 282 g/mol. The SMILES string of the molecule is CC(CC(N)=S)NS(=O)(=O)c1ccc(F)cc1F. The van der Waals surface area contributed by atoms with Gasteiger partial charge >= 0.3 is 0 Å². The van der Waals surface area contributed by atoms with E-state index >= 15 is 0 Å². The van der Waals surface area contributed by atoms with Gasteiger partial charge in [-0.2, -0.15) is 0 Å². The van der Waals surface area contributed by atoms with Crippen LogP contribution in [0.15, 0.2) is 23.1 Å². The fourth-order valence-corrected chi connectivity index (χ4v) is 2.92.